The molecular weight excluding hydrogens is 342 g/mol. The van der Waals surface area contributed by atoms with Gasteiger partial charge in [0.15, 0.2) is 0 Å². The Morgan fingerprint density at radius 1 is 1.40 bits per heavy atom. The molecule has 2 aromatic rings. The van der Waals surface area contributed by atoms with E-state index in [-0.39, 0.29) is 17.8 Å². The van der Waals surface area contributed by atoms with Crippen molar-refractivity contribution >= 4 is 23.5 Å². The van der Waals surface area contributed by atoms with Crippen LogP contribution in [-0.2, 0) is 9.53 Å². The zero-order chi connectivity index (χ0) is 17.8. The van der Waals surface area contributed by atoms with Crippen molar-refractivity contribution < 1.29 is 14.3 Å². The summed E-state index contributed by atoms with van der Waals surface area (Å²) in [5.74, 6) is -0.646. The summed E-state index contributed by atoms with van der Waals surface area (Å²) in [4.78, 5) is 26.3. The highest BCUT2D eigenvalue weighted by atomic mass is 35.5. The van der Waals surface area contributed by atoms with E-state index in [0.29, 0.717) is 36.1 Å². The zero-order valence-electron chi connectivity index (χ0n) is 14.0. The van der Waals surface area contributed by atoms with Crippen LogP contribution < -0.4 is 0 Å². The molecule has 1 saturated heterocycles. The van der Waals surface area contributed by atoms with Gasteiger partial charge in [-0.15, -0.1) is 0 Å². The minimum Gasteiger partial charge on any atom is -0.466 e. The van der Waals surface area contributed by atoms with Crippen LogP contribution in [0.4, 0.5) is 0 Å². The quantitative estimate of drug-likeness (QED) is 0.849. The first-order valence-electron chi connectivity index (χ1n) is 8.35. The fraction of sp³-hybridized carbons (Fsp3) is 0.389. The first kappa shape index (κ1) is 17.5. The maximum atomic E-state index is 12.7. The van der Waals surface area contributed by atoms with Gasteiger partial charge in [0.05, 0.1) is 18.2 Å². The van der Waals surface area contributed by atoms with E-state index in [1.54, 1.807) is 30.0 Å². The number of nitrogens with zero attached hydrogens (tertiary/aromatic N) is 2. The highest BCUT2D eigenvalue weighted by Crippen LogP contribution is 2.23. The van der Waals surface area contributed by atoms with Gasteiger partial charge in [-0.1, -0.05) is 23.7 Å². The molecule has 1 aliphatic heterocycles. The number of likely N-dealkylation sites (tertiary alicyclic amines) is 1. The van der Waals surface area contributed by atoms with Crippen LogP contribution >= 0.6 is 11.6 Å². The monoisotopic (exact) mass is 361 g/mol. The lowest BCUT2D eigenvalue weighted by Gasteiger charge is -2.31. The molecule has 1 fully saturated rings. The van der Waals surface area contributed by atoms with Crippen molar-refractivity contribution in [2.75, 3.05) is 19.7 Å². The molecule has 1 aliphatic rings. The summed E-state index contributed by atoms with van der Waals surface area (Å²) in [6.45, 7) is 3.14. The van der Waals surface area contributed by atoms with Gasteiger partial charge >= 0.3 is 5.97 Å². The number of carbonyl (C=O) groups is 2. The van der Waals surface area contributed by atoms with Crippen molar-refractivity contribution in [2.45, 2.75) is 19.8 Å². The van der Waals surface area contributed by atoms with Crippen LogP contribution in [0.15, 0.2) is 30.3 Å². The normalized spacial score (nSPS) is 17.4. The first-order valence-corrected chi connectivity index (χ1v) is 8.73. The van der Waals surface area contributed by atoms with E-state index in [0.717, 1.165) is 18.4 Å². The van der Waals surface area contributed by atoms with E-state index in [4.69, 9.17) is 16.3 Å². The Morgan fingerprint density at radius 3 is 3.00 bits per heavy atom. The molecule has 0 saturated carbocycles. The van der Waals surface area contributed by atoms with Crippen molar-refractivity contribution in [2.24, 2.45) is 5.92 Å². The van der Waals surface area contributed by atoms with E-state index in [2.05, 4.69) is 10.2 Å². The highest BCUT2D eigenvalue weighted by molar-refractivity contribution is 6.30. The Balaban J connectivity index is 1.72. The van der Waals surface area contributed by atoms with Crippen LogP contribution in [0.3, 0.4) is 0 Å². The topological polar surface area (TPSA) is 75.3 Å². The van der Waals surface area contributed by atoms with Gasteiger partial charge in [0.25, 0.3) is 5.91 Å². The summed E-state index contributed by atoms with van der Waals surface area (Å²) < 4.78 is 5.08. The standard InChI is InChI=1S/C18H20ClN3O3/c1-2-25-18(24)13-6-4-8-22(11-13)17(23)16-10-15(20-21-16)12-5-3-7-14(19)9-12/h3,5,7,9-10,13H,2,4,6,8,11H2,1H3,(H,20,21)/t13-/m0/s1. The molecule has 1 atom stereocenters. The van der Waals surface area contributed by atoms with Gasteiger partial charge < -0.3 is 9.64 Å². The molecule has 132 valence electrons. The maximum Gasteiger partial charge on any atom is 0.310 e. The van der Waals surface area contributed by atoms with Crippen LogP contribution in [0.25, 0.3) is 11.3 Å². The second kappa shape index (κ2) is 7.70. The number of ether oxygens (including phenoxy) is 1. The smallest absolute Gasteiger partial charge is 0.310 e. The number of esters is 1. The molecule has 0 aliphatic carbocycles. The van der Waals surface area contributed by atoms with Crippen molar-refractivity contribution in [3.05, 3.63) is 41.0 Å². The Hall–Kier alpha value is -2.34. The Bertz CT molecular complexity index is 774. The number of halogens is 1. The summed E-state index contributed by atoms with van der Waals surface area (Å²) in [6.07, 6.45) is 1.53. The minimum absolute atomic E-state index is 0.158. The molecule has 2 heterocycles. The highest BCUT2D eigenvalue weighted by Gasteiger charge is 2.30. The van der Waals surface area contributed by atoms with Gasteiger partial charge in [-0.2, -0.15) is 5.10 Å². The van der Waals surface area contributed by atoms with Gasteiger partial charge in [-0.05, 0) is 38.0 Å². The molecule has 0 unspecified atom stereocenters. The number of H-pyrrole nitrogens is 1. The molecule has 0 bridgehead atoms. The summed E-state index contributed by atoms with van der Waals surface area (Å²) in [6, 6.07) is 9.01. The van der Waals surface area contributed by atoms with Gasteiger partial charge in [0, 0.05) is 23.7 Å². The van der Waals surface area contributed by atoms with Crippen LogP contribution in [-0.4, -0.2) is 46.7 Å². The number of hydrogen-bond acceptors (Lipinski definition) is 4. The fourth-order valence-electron chi connectivity index (χ4n) is 3.01. The average Bonchev–Trinajstić information content (AvgIpc) is 3.11. The second-order valence-electron chi connectivity index (χ2n) is 6.02. The summed E-state index contributed by atoms with van der Waals surface area (Å²) in [5, 5.41) is 7.61. The van der Waals surface area contributed by atoms with E-state index >= 15 is 0 Å². The van der Waals surface area contributed by atoms with Crippen molar-refractivity contribution in [3.63, 3.8) is 0 Å². The number of aromatic nitrogens is 2. The fourth-order valence-corrected chi connectivity index (χ4v) is 3.20. The lowest BCUT2D eigenvalue weighted by Crippen LogP contribution is -2.43. The number of nitrogens with one attached hydrogen (secondary N) is 1. The summed E-state index contributed by atoms with van der Waals surface area (Å²) in [5.41, 5.74) is 1.90. The molecule has 0 radical (unpaired) electrons. The average molecular weight is 362 g/mol. The molecule has 0 spiro atoms. The molecular formula is C18H20ClN3O3. The molecule has 1 amide bonds. The molecule has 1 N–H and O–H groups in total. The number of rotatable bonds is 4. The number of piperidine rings is 1. The van der Waals surface area contributed by atoms with Gasteiger partial charge in [0.1, 0.15) is 5.69 Å². The van der Waals surface area contributed by atoms with Crippen LogP contribution in [0.2, 0.25) is 5.02 Å². The molecule has 1 aromatic heterocycles. The third-order valence-electron chi connectivity index (χ3n) is 4.26. The molecule has 6 nitrogen and oxygen atoms in total. The third-order valence-corrected chi connectivity index (χ3v) is 4.49. The predicted octanol–water partition coefficient (Wildman–Crippen LogP) is 3.15. The molecule has 3 rings (SSSR count). The summed E-state index contributed by atoms with van der Waals surface area (Å²) in [7, 11) is 0. The van der Waals surface area contributed by atoms with Crippen molar-refractivity contribution in [1.29, 1.82) is 0 Å². The maximum absolute atomic E-state index is 12.7. The Morgan fingerprint density at radius 2 is 2.24 bits per heavy atom. The number of carbonyl (C=O) groups excluding carboxylic acids is 2. The van der Waals surface area contributed by atoms with Gasteiger partial charge in [-0.3, -0.25) is 14.7 Å². The van der Waals surface area contributed by atoms with Gasteiger partial charge in [0.2, 0.25) is 0 Å². The van der Waals surface area contributed by atoms with Crippen molar-refractivity contribution in [3.8, 4) is 11.3 Å². The lowest BCUT2D eigenvalue weighted by molar-refractivity contribution is -0.149. The number of aromatic amines is 1. The van der Waals surface area contributed by atoms with E-state index in [1.165, 1.54) is 0 Å². The SMILES string of the molecule is CCOC(=O)[C@H]1CCCN(C(=O)c2cc(-c3cccc(Cl)c3)n[nH]2)C1. The van der Waals surface area contributed by atoms with Crippen LogP contribution in [0.5, 0.6) is 0 Å². The predicted molar refractivity (Wildman–Crippen MR) is 94.3 cm³/mol. The van der Waals surface area contributed by atoms with Crippen LogP contribution in [0, 0.1) is 5.92 Å². The number of hydrogen-bond donors (Lipinski definition) is 1. The zero-order valence-corrected chi connectivity index (χ0v) is 14.8. The Labute approximate surface area is 151 Å². The number of amides is 1. The van der Waals surface area contributed by atoms with E-state index in [9.17, 15) is 9.59 Å². The largest absolute Gasteiger partial charge is 0.466 e. The van der Waals surface area contributed by atoms with Gasteiger partial charge in [-0.25, -0.2) is 0 Å². The van der Waals surface area contributed by atoms with E-state index in [1.807, 2.05) is 12.1 Å². The first-order chi connectivity index (χ1) is 12.1. The third kappa shape index (κ3) is 4.02. The Kier molecular flexibility index (Phi) is 5.38. The lowest BCUT2D eigenvalue weighted by atomic mass is 9.98. The molecule has 7 heteroatoms. The summed E-state index contributed by atoms with van der Waals surface area (Å²) >= 11 is 6.00. The second-order valence-corrected chi connectivity index (χ2v) is 6.46. The van der Waals surface area contributed by atoms with Crippen LogP contribution in [0.1, 0.15) is 30.3 Å². The van der Waals surface area contributed by atoms with E-state index < -0.39 is 0 Å². The molecule has 25 heavy (non-hydrogen) atoms. The number of benzene rings is 1. The minimum atomic E-state index is -0.257. The van der Waals surface area contributed by atoms with Crippen molar-refractivity contribution in [1.82, 2.24) is 15.1 Å². The molecule has 1 aromatic carbocycles.